The van der Waals surface area contributed by atoms with Gasteiger partial charge in [-0.2, -0.15) is 0 Å². The van der Waals surface area contributed by atoms with E-state index in [1.807, 2.05) is 50.2 Å². The molecule has 0 aliphatic rings. The molecule has 0 atom stereocenters. The summed E-state index contributed by atoms with van der Waals surface area (Å²) in [5.41, 5.74) is 5.33. The molecule has 1 N–H and O–H groups in total. The molecule has 0 heterocycles. The van der Waals surface area contributed by atoms with Crippen molar-refractivity contribution in [2.45, 2.75) is 47.0 Å². The van der Waals surface area contributed by atoms with Gasteiger partial charge >= 0.3 is 0 Å². The Kier molecular flexibility index (Phi) is 7.17. The second-order valence-electron chi connectivity index (χ2n) is 7.35. The number of nitrogens with one attached hydrogen (secondary N) is 1. The zero-order chi connectivity index (χ0) is 20.0. The zero-order valence-corrected chi connectivity index (χ0v) is 17.0. The topological polar surface area (TPSA) is 49.4 Å². The lowest BCUT2D eigenvalue weighted by Gasteiger charge is -2.27. The van der Waals surface area contributed by atoms with Crippen LogP contribution < -0.4 is 10.2 Å². The summed E-state index contributed by atoms with van der Waals surface area (Å²) >= 11 is 0. The van der Waals surface area contributed by atoms with Gasteiger partial charge in [0.25, 0.3) is 0 Å². The van der Waals surface area contributed by atoms with Crippen LogP contribution in [0.3, 0.4) is 0 Å². The summed E-state index contributed by atoms with van der Waals surface area (Å²) in [5, 5.41) is 2.94. The highest BCUT2D eigenvalue weighted by molar-refractivity contribution is 5.93. The lowest BCUT2D eigenvalue weighted by molar-refractivity contribution is -0.121. The lowest BCUT2D eigenvalue weighted by Crippen LogP contribution is -2.39. The summed E-state index contributed by atoms with van der Waals surface area (Å²) < 4.78 is 0. The van der Waals surface area contributed by atoms with Gasteiger partial charge in [0.05, 0.1) is 12.1 Å². The number of hydrogen-bond acceptors (Lipinski definition) is 2. The largest absolute Gasteiger partial charge is 0.354 e. The van der Waals surface area contributed by atoms with Crippen LogP contribution in [0.25, 0.3) is 0 Å². The summed E-state index contributed by atoms with van der Waals surface area (Å²) in [6, 6.07) is 14.1. The molecule has 4 heteroatoms. The number of nitrogens with zero attached hydrogens (tertiary/aromatic N) is 1. The Labute approximate surface area is 162 Å². The molecule has 0 bridgehead atoms. The summed E-state index contributed by atoms with van der Waals surface area (Å²) in [7, 11) is 0. The van der Waals surface area contributed by atoms with E-state index in [1.54, 1.807) is 11.8 Å². The number of hydrogen-bond donors (Lipinski definition) is 1. The third kappa shape index (κ3) is 5.68. The molecule has 0 saturated carbocycles. The van der Waals surface area contributed by atoms with Crippen LogP contribution in [0, 0.1) is 13.8 Å². The minimum Gasteiger partial charge on any atom is -0.354 e. The normalized spacial score (nSPS) is 10.7. The highest BCUT2D eigenvalue weighted by atomic mass is 16.2. The number of amides is 2. The van der Waals surface area contributed by atoms with E-state index in [-0.39, 0.29) is 11.8 Å². The Morgan fingerprint density at radius 2 is 1.78 bits per heavy atom. The van der Waals surface area contributed by atoms with E-state index < -0.39 is 0 Å². The number of para-hydroxylation sites is 1. The second kappa shape index (κ2) is 9.36. The number of rotatable bonds is 7. The summed E-state index contributed by atoms with van der Waals surface area (Å²) in [6.45, 7) is 10.7. The molecular weight excluding hydrogens is 336 g/mol. The Hall–Kier alpha value is -2.62. The van der Waals surface area contributed by atoms with Crippen molar-refractivity contribution >= 4 is 17.5 Å². The van der Waals surface area contributed by atoms with Crippen LogP contribution in [-0.4, -0.2) is 24.9 Å². The first-order chi connectivity index (χ1) is 12.8. The van der Waals surface area contributed by atoms with Gasteiger partial charge in [0.2, 0.25) is 11.8 Å². The van der Waals surface area contributed by atoms with Crippen LogP contribution in [0.1, 0.15) is 48.9 Å². The van der Waals surface area contributed by atoms with Gasteiger partial charge in [-0.05, 0) is 36.5 Å². The molecule has 0 aliphatic heterocycles. The molecule has 4 nitrogen and oxygen atoms in total. The minimum atomic E-state index is -0.0297. The first-order valence-corrected chi connectivity index (χ1v) is 9.49. The van der Waals surface area contributed by atoms with E-state index >= 15 is 0 Å². The van der Waals surface area contributed by atoms with Gasteiger partial charge in [-0.3, -0.25) is 9.59 Å². The smallest absolute Gasteiger partial charge is 0.224 e. The van der Waals surface area contributed by atoms with Crippen molar-refractivity contribution in [1.29, 1.82) is 0 Å². The zero-order valence-electron chi connectivity index (χ0n) is 17.0. The number of carbonyl (C=O) groups is 2. The maximum atomic E-state index is 12.3. The predicted octanol–water partition coefficient (Wildman–Crippen LogP) is 4.14. The standard InChI is InChI=1S/C23H30N2O2/c1-16(2)21-11-7-9-18(4)23(21)25(19(5)26)13-12-24-22(27)15-20-10-6-8-17(3)14-20/h6-11,14,16H,12-13,15H2,1-5H3,(H,24,27). The van der Waals surface area contributed by atoms with Crippen molar-refractivity contribution in [3.8, 4) is 0 Å². The first-order valence-electron chi connectivity index (χ1n) is 9.49. The van der Waals surface area contributed by atoms with Crippen molar-refractivity contribution in [2.75, 3.05) is 18.0 Å². The molecule has 0 fully saturated rings. The summed E-state index contributed by atoms with van der Waals surface area (Å²) in [6.07, 6.45) is 0.351. The average molecular weight is 367 g/mol. The van der Waals surface area contributed by atoms with E-state index in [0.29, 0.717) is 25.4 Å². The molecule has 2 rings (SSSR count). The Balaban J connectivity index is 2.04. The quantitative estimate of drug-likeness (QED) is 0.801. The van der Waals surface area contributed by atoms with Crippen LogP contribution in [0.2, 0.25) is 0 Å². The molecule has 0 aliphatic carbocycles. The third-order valence-corrected chi connectivity index (χ3v) is 4.65. The van der Waals surface area contributed by atoms with E-state index in [2.05, 4.69) is 25.2 Å². The van der Waals surface area contributed by atoms with E-state index in [1.165, 1.54) is 0 Å². The van der Waals surface area contributed by atoms with Crippen LogP contribution in [0.4, 0.5) is 5.69 Å². The van der Waals surface area contributed by atoms with Crippen LogP contribution in [0.15, 0.2) is 42.5 Å². The number of carbonyl (C=O) groups excluding carboxylic acids is 2. The molecule has 0 unspecified atom stereocenters. The van der Waals surface area contributed by atoms with E-state index in [9.17, 15) is 9.59 Å². The number of anilines is 1. The maximum absolute atomic E-state index is 12.3. The molecule has 2 aromatic rings. The minimum absolute atomic E-state index is 0.0147. The Morgan fingerprint density at radius 1 is 1.07 bits per heavy atom. The molecule has 27 heavy (non-hydrogen) atoms. The van der Waals surface area contributed by atoms with Gasteiger partial charge in [-0.25, -0.2) is 0 Å². The van der Waals surface area contributed by atoms with Crippen molar-refractivity contribution < 1.29 is 9.59 Å². The molecule has 2 aromatic carbocycles. The number of benzene rings is 2. The number of aryl methyl sites for hydroxylation is 2. The lowest BCUT2D eigenvalue weighted by atomic mass is 9.97. The van der Waals surface area contributed by atoms with Crippen LogP contribution in [0.5, 0.6) is 0 Å². The molecule has 2 amide bonds. The van der Waals surface area contributed by atoms with E-state index in [0.717, 1.165) is 27.9 Å². The molecule has 0 spiro atoms. The van der Waals surface area contributed by atoms with Gasteiger partial charge in [-0.1, -0.05) is 61.9 Å². The van der Waals surface area contributed by atoms with Crippen LogP contribution >= 0.6 is 0 Å². The molecule has 0 aromatic heterocycles. The fraction of sp³-hybridized carbons (Fsp3) is 0.391. The van der Waals surface area contributed by atoms with Gasteiger partial charge in [0.15, 0.2) is 0 Å². The molecule has 0 radical (unpaired) electrons. The van der Waals surface area contributed by atoms with Crippen LogP contribution in [-0.2, 0) is 16.0 Å². The third-order valence-electron chi connectivity index (χ3n) is 4.65. The Bertz CT molecular complexity index is 812. The Morgan fingerprint density at radius 3 is 2.41 bits per heavy atom. The molecular formula is C23H30N2O2. The van der Waals surface area contributed by atoms with Gasteiger partial charge in [0, 0.05) is 20.0 Å². The van der Waals surface area contributed by atoms with Gasteiger partial charge < -0.3 is 10.2 Å². The van der Waals surface area contributed by atoms with Crippen molar-refractivity contribution in [3.05, 3.63) is 64.7 Å². The monoisotopic (exact) mass is 366 g/mol. The van der Waals surface area contributed by atoms with E-state index in [4.69, 9.17) is 0 Å². The predicted molar refractivity (Wildman–Crippen MR) is 111 cm³/mol. The maximum Gasteiger partial charge on any atom is 0.224 e. The SMILES string of the molecule is CC(=O)N(CCNC(=O)Cc1cccc(C)c1)c1c(C)cccc1C(C)C. The van der Waals surface area contributed by atoms with Gasteiger partial charge in [0.1, 0.15) is 0 Å². The second-order valence-corrected chi connectivity index (χ2v) is 7.35. The first kappa shape index (κ1) is 20.7. The van der Waals surface area contributed by atoms with Crippen molar-refractivity contribution in [1.82, 2.24) is 5.32 Å². The summed E-state index contributed by atoms with van der Waals surface area (Å²) in [5.74, 6) is 0.273. The average Bonchev–Trinajstić information content (AvgIpc) is 2.58. The molecule has 144 valence electrons. The van der Waals surface area contributed by atoms with Crippen molar-refractivity contribution in [3.63, 3.8) is 0 Å². The highest BCUT2D eigenvalue weighted by Gasteiger charge is 2.19. The fourth-order valence-electron chi connectivity index (χ4n) is 3.32. The highest BCUT2D eigenvalue weighted by Crippen LogP contribution is 2.30. The molecule has 0 saturated heterocycles. The van der Waals surface area contributed by atoms with Crippen molar-refractivity contribution in [2.24, 2.45) is 0 Å². The fourth-order valence-corrected chi connectivity index (χ4v) is 3.32. The summed E-state index contributed by atoms with van der Waals surface area (Å²) in [4.78, 5) is 26.3. The van der Waals surface area contributed by atoms with Gasteiger partial charge in [-0.15, -0.1) is 0 Å².